The minimum atomic E-state index is -0.616. The molecule has 0 atom stereocenters. The van der Waals surface area contributed by atoms with E-state index >= 15 is 0 Å². The molecule has 2 N–H and O–H groups in total. The molecule has 1 aromatic carbocycles. The molecule has 0 fully saturated rings. The number of hydrogen-bond acceptors (Lipinski definition) is 6. The van der Waals surface area contributed by atoms with Gasteiger partial charge in [-0.1, -0.05) is 24.3 Å². The van der Waals surface area contributed by atoms with E-state index in [0.717, 1.165) is 5.56 Å². The van der Waals surface area contributed by atoms with Crippen LogP contribution in [0.4, 0.5) is 5.69 Å². The van der Waals surface area contributed by atoms with Crippen LogP contribution in [-0.4, -0.2) is 69.4 Å². The zero-order valence-electron chi connectivity index (χ0n) is 22.0. The fourth-order valence-electron chi connectivity index (χ4n) is 2.49. The normalized spacial score (nSPS) is 9.28. The number of carbonyl (C=O) groups is 5. The van der Waals surface area contributed by atoms with Gasteiger partial charge in [0.25, 0.3) is 0 Å². The van der Waals surface area contributed by atoms with Crippen molar-refractivity contribution in [2.24, 2.45) is 0 Å². The van der Waals surface area contributed by atoms with Crippen molar-refractivity contribution < 1.29 is 203 Å². The molecule has 0 heterocycles. The average molecular weight is 717 g/mol. The quantitative estimate of drug-likeness (QED) is 0.136. The molecule has 0 saturated carbocycles. The largest absolute Gasteiger partial charge is 1.00 e. The summed E-state index contributed by atoms with van der Waals surface area (Å²) in [6.45, 7) is 2.81. The molecular formula is C22H30N5O6Rb3. The number of nitrogens with zero attached hydrogens (tertiary/aromatic N) is 3. The Morgan fingerprint density at radius 3 is 2.14 bits per heavy atom. The fourth-order valence-corrected chi connectivity index (χ4v) is 2.49. The van der Waals surface area contributed by atoms with Crippen LogP contribution in [0.2, 0.25) is 0 Å². The second-order valence-electron chi connectivity index (χ2n) is 6.94. The number of hydrogen-bond donors (Lipinski definition) is 2. The van der Waals surface area contributed by atoms with Gasteiger partial charge < -0.3 is 45.7 Å². The first-order chi connectivity index (χ1) is 15.8. The van der Waals surface area contributed by atoms with Crippen LogP contribution < -0.4 is 185 Å². The molecule has 0 aliphatic rings. The molecule has 0 spiro atoms. The molecule has 0 unspecified atom stereocenters. The van der Waals surface area contributed by atoms with Gasteiger partial charge in [0, 0.05) is 45.6 Å². The molecule has 5 amide bonds. The Kier molecular flexibility index (Phi) is 32.0. The minimum Gasteiger partial charge on any atom is -0.654 e. The van der Waals surface area contributed by atoms with Crippen molar-refractivity contribution in [3.63, 3.8) is 0 Å². The van der Waals surface area contributed by atoms with Crippen molar-refractivity contribution in [1.29, 1.82) is 0 Å². The first kappa shape index (κ1) is 42.4. The van der Waals surface area contributed by atoms with Crippen LogP contribution in [0.15, 0.2) is 24.3 Å². The topological polar surface area (TPSA) is 161 Å². The van der Waals surface area contributed by atoms with E-state index in [1.807, 2.05) is 0 Å². The molecule has 11 nitrogen and oxygen atoms in total. The van der Waals surface area contributed by atoms with Gasteiger partial charge in [0.1, 0.15) is 0 Å². The van der Waals surface area contributed by atoms with Gasteiger partial charge in [0.05, 0.1) is 18.2 Å². The summed E-state index contributed by atoms with van der Waals surface area (Å²) in [6.07, 6.45) is 0.505. The first-order valence-corrected chi connectivity index (χ1v) is 10.6. The zero-order valence-corrected chi connectivity index (χ0v) is 36.7. The SMILES string of the molecule is CNC(=O)CCNC(=O)Cc1ccc([N-]C(=O)CC(=O)[N-]CCOCCC[N-]C(C)=O)cc1.[Rb+].[Rb+].[Rb+]. The van der Waals surface area contributed by atoms with Crippen LogP contribution in [0.5, 0.6) is 0 Å². The third kappa shape index (κ3) is 23.8. The van der Waals surface area contributed by atoms with Crippen LogP contribution in [0.25, 0.3) is 16.0 Å². The van der Waals surface area contributed by atoms with E-state index in [-0.39, 0.29) is 225 Å². The van der Waals surface area contributed by atoms with Gasteiger partial charge in [-0.2, -0.15) is 0 Å². The standard InChI is InChI=1S/C22H33N5O6.3Rb/c1-16(28)24-9-3-12-33-13-11-26-21(31)15-22(32)27-18-6-4-17(5-7-18)14-20(30)25-10-8-19(29)23-2;;;/h4-7H,3,8-15H2,1-2H3,(H5,23,24,25,26,27,28,29,30,31,32);;;/q;3*+1/p-3. The Hall–Kier alpha value is 1.95. The summed E-state index contributed by atoms with van der Waals surface area (Å²) in [6, 6.07) is 6.49. The summed E-state index contributed by atoms with van der Waals surface area (Å²) in [5.41, 5.74) is 1.09. The Balaban J connectivity index is -0.00000363. The smallest absolute Gasteiger partial charge is 0.654 e. The van der Waals surface area contributed by atoms with Crippen LogP contribution in [0.3, 0.4) is 0 Å². The van der Waals surface area contributed by atoms with E-state index in [1.54, 1.807) is 24.3 Å². The van der Waals surface area contributed by atoms with Crippen LogP contribution >= 0.6 is 0 Å². The van der Waals surface area contributed by atoms with Gasteiger partial charge in [0.15, 0.2) is 0 Å². The van der Waals surface area contributed by atoms with E-state index in [4.69, 9.17) is 4.74 Å². The van der Waals surface area contributed by atoms with E-state index in [0.29, 0.717) is 25.3 Å². The Labute approximate surface area is 359 Å². The van der Waals surface area contributed by atoms with Crippen molar-refractivity contribution >= 4 is 35.2 Å². The molecule has 0 aliphatic carbocycles. The fraction of sp³-hybridized carbons (Fsp3) is 0.500. The summed E-state index contributed by atoms with van der Waals surface area (Å²) in [5.74, 6) is -1.79. The summed E-state index contributed by atoms with van der Waals surface area (Å²) < 4.78 is 5.27. The minimum absolute atomic E-state index is 0. The molecule has 0 aromatic heterocycles. The zero-order chi connectivity index (χ0) is 24.5. The number of nitrogens with one attached hydrogen (secondary N) is 2. The Morgan fingerprint density at radius 1 is 0.861 bits per heavy atom. The molecule has 0 radical (unpaired) electrons. The van der Waals surface area contributed by atoms with Gasteiger partial charge in [-0.05, 0) is 18.9 Å². The molecule has 1 rings (SSSR count). The third-order valence-electron chi connectivity index (χ3n) is 4.12. The Bertz CT molecular complexity index is 812. The first-order valence-electron chi connectivity index (χ1n) is 10.6. The number of amides is 5. The molecule has 0 bridgehead atoms. The second kappa shape index (κ2) is 27.1. The molecule has 0 aliphatic heterocycles. The van der Waals surface area contributed by atoms with E-state index in [2.05, 4.69) is 26.6 Å². The molecular weight excluding hydrogens is 687 g/mol. The van der Waals surface area contributed by atoms with Gasteiger partial charge in [-0.15, -0.1) is 18.8 Å². The van der Waals surface area contributed by atoms with Crippen LogP contribution in [0.1, 0.15) is 31.7 Å². The van der Waals surface area contributed by atoms with E-state index in [9.17, 15) is 24.0 Å². The van der Waals surface area contributed by atoms with Crippen molar-refractivity contribution in [3.8, 4) is 0 Å². The number of ether oxygens (including phenoxy) is 1. The van der Waals surface area contributed by atoms with Crippen LogP contribution in [0, 0.1) is 0 Å². The third-order valence-corrected chi connectivity index (χ3v) is 4.12. The second-order valence-corrected chi connectivity index (χ2v) is 6.94. The maximum atomic E-state index is 11.9. The van der Waals surface area contributed by atoms with Crippen LogP contribution in [-0.2, 0) is 35.1 Å². The van der Waals surface area contributed by atoms with Crippen molar-refractivity contribution in [2.45, 2.75) is 32.6 Å². The van der Waals surface area contributed by atoms with E-state index < -0.39 is 18.2 Å². The average Bonchev–Trinajstić information content (AvgIpc) is 2.76. The molecule has 14 heteroatoms. The van der Waals surface area contributed by atoms with Gasteiger partial charge in [-0.25, -0.2) is 0 Å². The monoisotopic (exact) mass is 715 g/mol. The van der Waals surface area contributed by atoms with Gasteiger partial charge in [0.2, 0.25) is 11.8 Å². The summed E-state index contributed by atoms with van der Waals surface area (Å²) in [7, 11) is 1.53. The number of rotatable bonds is 15. The molecule has 182 valence electrons. The van der Waals surface area contributed by atoms with Gasteiger partial charge in [-0.3, -0.25) is 9.59 Å². The Morgan fingerprint density at radius 2 is 1.53 bits per heavy atom. The van der Waals surface area contributed by atoms with Gasteiger partial charge >= 0.3 is 175 Å². The summed E-state index contributed by atoms with van der Waals surface area (Å²) in [4.78, 5) is 57.3. The van der Waals surface area contributed by atoms with Crippen molar-refractivity contribution in [3.05, 3.63) is 45.8 Å². The molecule has 36 heavy (non-hydrogen) atoms. The number of benzene rings is 1. The molecule has 0 saturated heterocycles. The summed E-state index contributed by atoms with van der Waals surface area (Å²) >= 11 is 0. The molecule has 1 aromatic rings. The van der Waals surface area contributed by atoms with Crippen molar-refractivity contribution in [2.75, 3.05) is 39.9 Å². The maximum absolute atomic E-state index is 11.9. The van der Waals surface area contributed by atoms with Crippen molar-refractivity contribution in [1.82, 2.24) is 10.6 Å². The predicted molar refractivity (Wildman–Crippen MR) is 122 cm³/mol. The number of carbonyl (C=O) groups excluding carboxylic acids is 5. The predicted octanol–water partition coefficient (Wildman–Crippen LogP) is -7.36. The summed E-state index contributed by atoms with van der Waals surface area (Å²) in [5, 5.41) is 16.4. The van der Waals surface area contributed by atoms with E-state index in [1.165, 1.54) is 14.0 Å². The maximum Gasteiger partial charge on any atom is 1.00 e.